The van der Waals surface area contributed by atoms with Crippen molar-refractivity contribution in [1.29, 1.82) is 0 Å². The maximum absolute atomic E-state index is 12.4. The molecule has 0 aromatic heterocycles. The quantitative estimate of drug-likeness (QED) is 0.730. The lowest BCUT2D eigenvalue weighted by atomic mass is 9.49. The van der Waals surface area contributed by atoms with Crippen LogP contribution < -0.4 is 10.6 Å². The summed E-state index contributed by atoms with van der Waals surface area (Å²) in [5.74, 6) is 2.78. The molecule has 5 rings (SSSR count). The molecule has 0 aromatic carbocycles. The Kier molecular flexibility index (Phi) is 4.54. The summed E-state index contributed by atoms with van der Waals surface area (Å²) < 4.78 is 5.35. The fourth-order valence-corrected chi connectivity index (χ4v) is 6.20. The standard InChI is InChI=1S/C19H30N2O3/c22-17(20-3-4-21-18(23)16-2-1-5-24-16)12-19-9-13-6-14(10-19)8-15(7-13)11-19/h13-16H,1-12H2,(H,20,22)(H,21,23). The van der Waals surface area contributed by atoms with Crippen LogP contribution in [0.5, 0.6) is 0 Å². The monoisotopic (exact) mass is 334 g/mol. The van der Waals surface area contributed by atoms with Crippen molar-refractivity contribution in [3.8, 4) is 0 Å². The van der Waals surface area contributed by atoms with Gasteiger partial charge >= 0.3 is 0 Å². The van der Waals surface area contributed by atoms with Crippen molar-refractivity contribution >= 4 is 11.8 Å². The minimum atomic E-state index is -0.285. The molecular formula is C19H30N2O3. The van der Waals surface area contributed by atoms with E-state index in [0.717, 1.165) is 30.6 Å². The largest absolute Gasteiger partial charge is 0.368 e. The molecule has 2 amide bonds. The number of rotatable bonds is 6. The lowest BCUT2D eigenvalue weighted by molar-refractivity contribution is -0.131. The van der Waals surface area contributed by atoms with Crippen LogP contribution in [0.2, 0.25) is 0 Å². The van der Waals surface area contributed by atoms with Crippen molar-refractivity contribution < 1.29 is 14.3 Å². The molecule has 5 fully saturated rings. The van der Waals surface area contributed by atoms with Crippen molar-refractivity contribution in [3.63, 3.8) is 0 Å². The molecule has 5 nitrogen and oxygen atoms in total. The molecular weight excluding hydrogens is 304 g/mol. The van der Waals surface area contributed by atoms with Gasteiger partial charge in [-0.25, -0.2) is 0 Å². The van der Waals surface area contributed by atoms with Gasteiger partial charge in [-0.15, -0.1) is 0 Å². The SMILES string of the molecule is O=C(CC12CC3CC(CC(C3)C1)C2)NCCNC(=O)C1CCCO1. The van der Waals surface area contributed by atoms with Gasteiger partial charge in [-0.3, -0.25) is 9.59 Å². The second-order valence-electron chi connectivity index (χ2n) is 8.74. The Bertz CT molecular complexity index is 464. The van der Waals surface area contributed by atoms with Gasteiger partial charge in [0.1, 0.15) is 6.10 Å². The number of hydrogen-bond acceptors (Lipinski definition) is 3. The predicted octanol–water partition coefficient (Wildman–Crippen LogP) is 2.00. The summed E-state index contributed by atoms with van der Waals surface area (Å²) in [5.41, 5.74) is 0.291. The van der Waals surface area contributed by atoms with E-state index in [4.69, 9.17) is 4.74 Å². The van der Waals surface area contributed by atoms with Gasteiger partial charge in [-0.1, -0.05) is 0 Å². The third-order valence-electron chi connectivity index (χ3n) is 6.67. The van der Waals surface area contributed by atoms with Crippen molar-refractivity contribution in [1.82, 2.24) is 10.6 Å². The van der Waals surface area contributed by atoms with E-state index in [9.17, 15) is 9.59 Å². The van der Waals surface area contributed by atoms with Crippen LogP contribution in [0, 0.1) is 23.2 Å². The average Bonchev–Trinajstić information content (AvgIpc) is 3.04. The Morgan fingerprint density at radius 3 is 2.17 bits per heavy atom. The predicted molar refractivity (Wildman–Crippen MR) is 90.2 cm³/mol. The molecule has 134 valence electrons. The van der Waals surface area contributed by atoms with Crippen molar-refractivity contribution in [2.45, 2.75) is 63.9 Å². The fraction of sp³-hybridized carbons (Fsp3) is 0.895. The smallest absolute Gasteiger partial charge is 0.249 e. The normalized spacial score (nSPS) is 39.8. The maximum atomic E-state index is 12.4. The molecule has 0 radical (unpaired) electrons. The molecule has 5 aliphatic rings. The third-order valence-corrected chi connectivity index (χ3v) is 6.67. The summed E-state index contributed by atoms with van der Waals surface area (Å²) in [6.45, 7) is 1.69. The maximum Gasteiger partial charge on any atom is 0.249 e. The van der Waals surface area contributed by atoms with Gasteiger partial charge in [0.25, 0.3) is 0 Å². The molecule has 0 spiro atoms. The van der Waals surface area contributed by atoms with Crippen LogP contribution in [0.25, 0.3) is 0 Å². The number of amides is 2. The van der Waals surface area contributed by atoms with Gasteiger partial charge in [0.05, 0.1) is 0 Å². The number of nitrogens with one attached hydrogen (secondary N) is 2. The molecule has 1 heterocycles. The van der Waals surface area contributed by atoms with Crippen LogP contribution in [0.1, 0.15) is 57.8 Å². The second-order valence-corrected chi connectivity index (χ2v) is 8.74. The Morgan fingerprint density at radius 2 is 1.58 bits per heavy atom. The van der Waals surface area contributed by atoms with Gasteiger partial charge in [0.2, 0.25) is 11.8 Å². The summed E-state index contributed by atoms with van der Waals surface area (Å²) in [4.78, 5) is 24.2. The van der Waals surface area contributed by atoms with E-state index in [-0.39, 0.29) is 17.9 Å². The van der Waals surface area contributed by atoms with Gasteiger partial charge in [0.15, 0.2) is 0 Å². The van der Waals surface area contributed by atoms with E-state index < -0.39 is 0 Å². The molecule has 4 saturated carbocycles. The van der Waals surface area contributed by atoms with E-state index in [1.54, 1.807) is 0 Å². The zero-order valence-corrected chi connectivity index (χ0v) is 14.5. The average molecular weight is 334 g/mol. The van der Waals surface area contributed by atoms with Gasteiger partial charge in [-0.05, 0) is 74.5 Å². The molecule has 1 atom stereocenters. The van der Waals surface area contributed by atoms with Crippen LogP contribution in [-0.2, 0) is 14.3 Å². The van der Waals surface area contributed by atoms with Crippen LogP contribution in [-0.4, -0.2) is 37.6 Å². The minimum absolute atomic E-state index is 0.0390. The molecule has 0 aromatic rings. The highest BCUT2D eigenvalue weighted by Crippen LogP contribution is 2.61. The lowest BCUT2D eigenvalue weighted by Crippen LogP contribution is -2.48. The van der Waals surface area contributed by atoms with Crippen LogP contribution in [0.15, 0.2) is 0 Å². The number of hydrogen-bond donors (Lipinski definition) is 2. The molecule has 1 unspecified atom stereocenters. The van der Waals surface area contributed by atoms with E-state index >= 15 is 0 Å². The molecule has 1 aliphatic heterocycles. The molecule has 5 heteroatoms. The highest BCUT2D eigenvalue weighted by molar-refractivity contribution is 5.81. The van der Waals surface area contributed by atoms with Crippen LogP contribution in [0.4, 0.5) is 0 Å². The number of carbonyl (C=O) groups is 2. The first kappa shape index (κ1) is 16.4. The van der Waals surface area contributed by atoms with Gasteiger partial charge < -0.3 is 15.4 Å². The lowest BCUT2D eigenvalue weighted by Gasteiger charge is -2.56. The summed E-state index contributed by atoms with van der Waals surface area (Å²) in [6, 6.07) is 0. The Morgan fingerprint density at radius 1 is 0.958 bits per heavy atom. The molecule has 1 saturated heterocycles. The molecule has 2 N–H and O–H groups in total. The Hall–Kier alpha value is -1.10. The zero-order valence-electron chi connectivity index (χ0n) is 14.5. The zero-order chi connectivity index (χ0) is 16.6. The van der Waals surface area contributed by atoms with Crippen molar-refractivity contribution in [2.75, 3.05) is 19.7 Å². The number of carbonyl (C=O) groups excluding carboxylic acids is 2. The first-order valence-corrected chi connectivity index (χ1v) is 9.78. The first-order valence-electron chi connectivity index (χ1n) is 9.78. The van der Waals surface area contributed by atoms with Crippen LogP contribution in [0.3, 0.4) is 0 Å². The van der Waals surface area contributed by atoms with E-state index in [0.29, 0.717) is 31.5 Å². The summed E-state index contributed by atoms with van der Waals surface area (Å²) in [6.07, 6.45) is 10.2. The summed E-state index contributed by atoms with van der Waals surface area (Å²) in [5, 5.41) is 5.87. The van der Waals surface area contributed by atoms with E-state index in [1.807, 2.05) is 0 Å². The highest BCUT2D eigenvalue weighted by Gasteiger charge is 2.51. The second kappa shape index (κ2) is 6.66. The Labute approximate surface area is 144 Å². The van der Waals surface area contributed by atoms with E-state index in [2.05, 4.69) is 10.6 Å². The highest BCUT2D eigenvalue weighted by atomic mass is 16.5. The van der Waals surface area contributed by atoms with Crippen molar-refractivity contribution in [2.24, 2.45) is 23.2 Å². The summed E-state index contributed by atoms with van der Waals surface area (Å²) in [7, 11) is 0. The Balaban J connectivity index is 1.18. The fourth-order valence-electron chi connectivity index (χ4n) is 6.20. The third kappa shape index (κ3) is 3.46. The molecule has 4 aliphatic carbocycles. The first-order chi connectivity index (χ1) is 11.6. The van der Waals surface area contributed by atoms with Gasteiger partial charge in [-0.2, -0.15) is 0 Å². The minimum Gasteiger partial charge on any atom is -0.368 e. The topological polar surface area (TPSA) is 67.4 Å². The van der Waals surface area contributed by atoms with Gasteiger partial charge in [0, 0.05) is 26.1 Å². The summed E-state index contributed by atoms with van der Waals surface area (Å²) >= 11 is 0. The van der Waals surface area contributed by atoms with Crippen LogP contribution >= 0.6 is 0 Å². The number of ether oxygens (including phenoxy) is 1. The molecule has 4 bridgehead atoms. The molecule has 24 heavy (non-hydrogen) atoms. The van der Waals surface area contributed by atoms with Crippen molar-refractivity contribution in [3.05, 3.63) is 0 Å². The van der Waals surface area contributed by atoms with E-state index in [1.165, 1.54) is 38.5 Å².